The van der Waals surface area contributed by atoms with E-state index in [0.717, 1.165) is 31.6 Å². The molecule has 1 heterocycles. The van der Waals surface area contributed by atoms with Gasteiger partial charge in [0.05, 0.1) is 11.4 Å². The van der Waals surface area contributed by atoms with Crippen molar-refractivity contribution in [1.82, 2.24) is 4.90 Å². The van der Waals surface area contributed by atoms with Crippen molar-refractivity contribution in [1.29, 1.82) is 0 Å². The number of para-hydroxylation sites is 2. The number of hydrogen-bond donors (Lipinski definition) is 2. The van der Waals surface area contributed by atoms with Gasteiger partial charge in [-0.3, -0.25) is 4.79 Å². The number of benzene rings is 1. The van der Waals surface area contributed by atoms with Gasteiger partial charge in [0.2, 0.25) is 5.91 Å². The Hall–Kier alpha value is -1.71. The molecule has 18 heavy (non-hydrogen) atoms. The van der Waals surface area contributed by atoms with Gasteiger partial charge in [0.1, 0.15) is 6.04 Å². The lowest BCUT2D eigenvalue weighted by Crippen LogP contribution is -2.43. The number of rotatable bonds is 3. The minimum atomic E-state index is -0.229. The van der Waals surface area contributed by atoms with Crippen LogP contribution in [0.25, 0.3) is 0 Å². The maximum atomic E-state index is 12.2. The zero-order valence-electron chi connectivity index (χ0n) is 10.9. The van der Waals surface area contributed by atoms with E-state index in [0.29, 0.717) is 5.69 Å². The molecule has 0 aliphatic carbocycles. The molecule has 2 rings (SSSR count). The standard InChI is InChI=1S/C14H21N3O/c1-11(14(18)17-9-5-2-6-10-17)16-13-8-4-3-7-12(13)15/h3-4,7-8,11,16H,2,5-6,9-10,15H2,1H3. The molecule has 0 bridgehead atoms. The number of carbonyl (C=O) groups is 1. The van der Waals surface area contributed by atoms with Crippen LogP contribution < -0.4 is 11.1 Å². The highest BCUT2D eigenvalue weighted by atomic mass is 16.2. The maximum absolute atomic E-state index is 12.2. The van der Waals surface area contributed by atoms with E-state index in [1.54, 1.807) is 0 Å². The summed E-state index contributed by atoms with van der Waals surface area (Å²) in [5.74, 6) is 0.165. The molecule has 1 fully saturated rings. The number of nitrogens with one attached hydrogen (secondary N) is 1. The first-order chi connectivity index (χ1) is 8.68. The fraction of sp³-hybridized carbons (Fsp3) is 0.500. The molecule has 1 atom stereocenters. The molecule has 1 aliphatic heterocycles. The Morgan fingerprint density at radius 3 is 2.61 bits per heavy atom. The van der Waals surface area contributed by atoms with Crippen molar-refractivity contribution in [3.8, 4) is 0 Å². The van der Waals surface area contributed by atoms with Gasteiger partial charge in [-0.05, 0) is 38.3 Å². The second-order valence-electron chi connectivity index (χ2n) is 4.84. The van der Waals surface area contributed by atoms with E-state index in [-0.39, 0.29) is 11.9 Å². The van der Waals surface area contributed by atoms with Gasteiger partial charge in [-0.1, -0.05) is 12.1 Å². The van der Waals surface area contributed by atoms with Gasteiger partial charge < -0.3 is 16.0 Å². The molecule has 0 spiro atoms. The molecule has 1 aromatic rings. The van der Waals surface area contributed by atoms with E-state index in [9.17, 15) is 4.79 Å². The first kappa shape index (κ1) is 12.7. The van der Waals surface area contributed by atoms with Crippen LogP contribution in [0.4, 0.5) is 11.4 Å². The van der Waals surface area contributed by atoms with Crippen molar-refractivity contribution in [2.45, 2.75) is 32.2 Å². The first-order valence-corrected chi connectivity index (χ1v) is 6.58. The van der Waals surface area contributed by atoms with Gasteiger partial charge in [-0.15, -0.1) is 0 Å². The lowest BCUT2D eigenvalue weighted by molar-refractivity contribution is -0.132. The predicted octanol–water partition coefficient (Wildman–Crippen LogP) is 2.08. The van der Waals surface area contributed by atoms with E-state index < -0.39 is 0 Å². The van der Waals surface area contributed by atoms with Gasteiger partial charge in [0.25, 0.3) is 0 Å². The van der Waals surface area contributed by atoms with Gasteiger partial charge in [0, 0.05) is 13.1 Å². The molecule has 1 amide bonds. The highest BCUT2D eigenvalue weighted by molar-refractivity contribution is 5.85. The number of piperidine rings is 1. The van der Waals surface area contributed by atoms with Crippen LogP contribution in [0.2, 0.25) is 0 Å². The number of nitrogens with two attached hydrogens (primary N) is 1. The number of amides is 1. The molecular formula is C14H21N3O. The highest BCUT2D eigenvalue weighted by Gasteiger charge is 2.22. The third-order valence-corrected chi connectivity index (χ3v) is 3.37. The lowest BCUT2D eigenvalue weighted by atomic mass is 10.1. The van der Waals surface area contributed by atoms with E-state index >= 15 is 0 Å². The normalized spacial score (nSPS) is 17.3. The molecule has 1 aromatic carbocycles. The van der Waals surface area contributed by atoms with Crippen molar-refractivity contribution >= 4 is 17.3 Å². The third-order valence-electron chi connectivity index (χ3n) is 3.37. The summed E-state index contributed by atoms with van der Waals surface area (Å²) in [4.78, 5) is 14.2. The summed E-state index contributed by atoms with van der Waals surface area (Å²) in [6, 6.07) is 7.30. The first-order valence-electron chi connectivity index (χ1n) is 6.58. The van der Waals surface area contributed by atoms with Crippen LogP contribution in [-0.4, -0.2) is 29.9 Å². The third kappa shape index (κ3) is 2.94. The molecule has 4 heteroatoms. The van der Waals surface area contributed by atoms with Crippen LogP contribution in [0.3, 0.4) is 0 Å². The average Bonchev–Trinajstić information content (AvgIpc) is 2.41. The topological polar surface area (TPSA) is 58.4 Å². The summed E-state index contributed by atoms with van der Waals surface area (Å²) in [6.07, 6.45) is 3.47. The SMILES string of the molecule is CC(Nc1ccccc1N)C(=O)N1CCCCC1. The van der Waals surface area contributed by atoms with Crippen molar-refractivity contribution in [2.75, 3.05) is 24.1 Å². The number of nitrogen functional groups attached to an aromatic ring is 1. The second kappa shape index (κ2) is 5.76. The van der Waals surface area contributed by atoms with E-state index in [1.165, 1.54) is 6.42 Å². The van der Waals surface area contributed by atoms with Crippen molar-refractivity contribution in [2.24, 2.45) is 0 Å². The van der Waals surface area contributed by atoms with Crippen LogP contribution >= 0.6 is 0 Å². The Labute approximate surface area is 108 Å². The van der Waals surface area contributed by atoms with Gasteiger partial charge in [0.15, 0.2) is 0 Å². The van der Waals surface area contributed by atoms with Crippen LogP contribution in [0.1, 0.15) is 26.2 Å². The summed E-state index contributed by atoms with van der Waals surface area (Å²) >= 11 is 0. The smallest absolute Gasteiger partial charge is 0.244 e. The number of nitrogens with zero attached hydrogens (tertiary/aromatic N) is 1. The van der Waals surface area contributed by atoms with Gasteiger partial charge in [-0.2, -0.15) is 0 Å². The van der Waals surface area contributed by atoms with Gasteiger partial charge >= 0.3 is 0 Å². The Morgan fingerprint density at radius 1 is 1.28 bits per heavy atom. The quantitative estimate of drug-likeness (QED) is 0.804. The maximum Gasteiger partial charge on any atom is 0.244 e. The molecule has 3 N–H and O–H groups in total. The summed E-state index contributed by atoms with van der Waals surface area (Å²) in [5.41, 5.74) is 7.37. The minimum Gasteiger partial charge on any atom is -0.397 e. The van der Waals surface area contributed by atoms with E-state index in [1.807, 2.05) is 36.1 Å². The zero-order chi connectivity index (χ0) is 13.0. The molecule has 0 saturated carbocycles. The van der Waals surface area contributed by atoms with E-state index in [2.05, 4.69) is 5.32 Å². The molecular weight excluding hydrogens is 226 g/mol. The zero-order valence-corrected chi connectivity index (χ0v) is 10.9. The van der Waals surface area contributed by atoms with E-state index in [4.69, 9.17) is 5.73 Å². The van der Waals surface area contributed by atoms with Crippen LogP contribution in [-0.2, 0) is 4.79 Å². The molecule has 1 unspecified atom stereocenters. The highest BCUT2D eigenvalue weighted by Crippen LogP contribution is 2.19. The largest absolute Gasteiger partial charge is 0.397 e. The summed E-state index contributed by atoms with van der Waals surface area (Å²) < 4.78 is 0. The predicted molar refractivity (Wildman–Crippen MR) is 74.4 cm³/mol. The lowest BCUT2D eigenvalue weighted by Gasteiger charge is -2.30. The van der Waals surface area contributed by atoms with Crippen molar-refractivity contribution in [3.63, 3.8) is 0 Å². The van der Waals surface area contributed by atoms with Crippen LogP contribution in [0.5, 0.6) is 0 Å². The summed E-state index contributed by atoms with van der Waals surface area (Å²) in [5, 5.41) is 3.19. The molecule has 0 aromatic heterocycles. The van der Waals surface area contributed by atoms with Crippen LogP contribution in [0.15, 0.2) is 24.3 Å². The summed E-state index contributed by atoms with van der Waals surface area (Å²) in [7, 11) is 0. The van der Waals surface area contributed by atoms with Crippen LogP contribution in [0, 0.1) is 0 Å². The Morgan fingerprint density at radius 2 is 1.94 bits per heavy atom. The average molecular weight is 247 g/mol. The van der Waals surface area contributed by atoms with Crippen molar-refractivity contribution < 1.29 is 4.79 Å². The molecule has 4 nitrogen and oxygen atoms in total. The number of hydrogen-bond acceptors (Lipinski definition) is 3. The number of carbonyl (C=O) groups excluding carboxylic acids is 1. The molecule has 0 radical (unpaired) electrons. The Balaban J connectivity index is 1.96. The fourth-order valence-electron chi connectivity index (χ4n) is 2.31. The molecule has 1 aliphatic rings. The minimum absolute atomic E-state index is 0.165. The monoisotopic (exact) mass is 247 g/mol. The second-order valence-corrected chi connectivity index (χ2v) is 4.84. The Bertz CT molecular complexity index is 413. The number of anilines is 2. The van der Waals surface area contributed by atoms with Crippen molar-refractivity contribution in [3.05, 3.63) is 24.3 Å². The fourth-order valence-corrected chi connectivity index (χ4v) is 2.31. The Kier molecular flexibility index (Phi) is 4.07. The molecule has 98 valence electrons. The molecule has 1 saturated heterocycles. The summed E-state index contributed by atoms with van der Waals surface area (Å²) in [6.45, 7) is 3.66. The van der Waals surface area contributed by atoms with Gasteiger partial charge in [-0.25, -0.2) is 0 Å². The number of likely N-dealkylation sites (tertiary alicyclic amines) is 1.